The summed E-state index contributed by atoms with van der Waals surface area (Å²) in [6.45, 7) is 7.47. The molecule has 2 N–H and O–H groups in total. The predicted molar refractivity (Wildman–Crippen MR) is 104 cm³/mol. The monoisotopic (exact) mass is 359 g/mol. The van der Waals surface area contributed by atoms with Crippen LogP contribution in [-0.4, -0.2) is 66.3 Å². The summed E-state index contributed by atoms with van der Waals surface area (Å²) >= 11 is 0. The topological polar surface area (TPSA) is 55.8 Å². The van der Waals surface area contributed by atoms with Gasteiger partial charge in [0.1, 0.15) is 0 Å². The van der Waals surface area contributed by atoms with Gasteiger partial charge in [-0.05, 0) is 51.1 Å². The first-order valence-electron chi connectivity index (χ1n) is 10.1. The first-order chi connectivity index (χ1) is 12.6. The molecule has 144 valence electrons. The van der Waals surface area contributed by atoms with Crippen molar-refractivity contribution in [2.75, 3.05) is 39.3 Å². The zero-order chi connectivity index (χ0) is 18.4. The average molecular weight is 360 g/mol. The van der Waals surface area contributed by atoms with Crippen molar-refractivity contribution in [1.82, 2.24) is 15.1 Å². The number of aryl methyl sites for hydroxylation is 1. The highest BCUT2D eigenvalue weighted by molar-refractivity contribution is 5.74. The Balaban J connectivity index is 1.39. The summed E-state index contributed by atoms with van der Waals surface area (Å²) in [5.74, 6) is 0.453. The quantitative estimate of drug-likeness (QED) is 0.795. The van der Waals surface area contributed by atoms with Gasteiger partial charge < -0.3 is 20.2 Å². The molecule has 2 amide bonds. The molecule has 5 heteroatoms. The lowest BCUT2D eigenvalue weighted by Crippen LogP contribution is -2.45. The lowest BCUT2D eigenvalue weighted by Gasteiger charge is -2.33. The zero-order valence-electron chi connectivity index (χ0n) is 16.0. The van der Waals surface area contributed by atoms with Crippen LogP contribution in [0.2, 0.25) is 0 Å². The molecule has 2 fully saturated rings. The van der Waals surface area contributed by atoms with Gasteiger partial charge in [0.15, 0.2) is 0 Å². The second kappa shape index (κ2) is 9.38. The normalized spacial score (nSPS) is 22.4. The van der Waals surface area contributed by atoms with E-state index in [1.54, 1.807) is 0 Å². The molecule has 0 unspecified atom stereocenters. The molecule has 0 saturated carbocycles. The largest absolute Gasteiger partial charge is 0.393 e. The number of rotatable bonds is 5. The molecule has 0 bridgehead atoms. The van der Waals surface area contributed by atoms with Crippen LogP contribution in [0.1, 0.15) is 49.1 Å². The minimum Gasteiger partial charge on any atom is -0.393 e. The maximum Gasteiger partial charge on any atom is 0.317 e. The van der Waals surface area contributed by atoms with Crippen LogP contribution >= 0.6 is 0 Å². The Labute approximate surface area is 157 Å². The fourth-order valence-corrected chi connectivity index (χ4v) is 4.11. The van der Waals surface area contributed by atoms with Crippen molar-refractivity contribution < 1.29 is 9.90 Å². The number of nitrogens with zero attached hydrogens (tertiary/aromatic N) is 2. The Bertz CT molecular complexity index is 584. The number of benzene rings is 1. The summed E-state index contributed by atoms with van der Waals surface area (Å²) in [6, 6.07) is 8.76. The molecule has 0 aliphatic carbocycles. The van der Waals surface area contributed by atoms with Crippen molar-refractivity contribution >= 4 is 6.03 Å². The Morgan fingerprint density at radius 1 is 1.23 bits per heavy atom. The van der Waals surface area contributed by atoms with E-state index >= 15 is 0 Å². The fourth-order valence-electron chi connectivity index (χ4n) is 4.11. The number of carbonyl (C=O) groups is 1. The maximum absolute atomic E-state index is 12.5. The van der Waals surface area contributed by atoms with E-state index in [1.165, 1.54) is 11.1 Å². The zero-order valence-corrected chi connectivity index (χ0v) is 16.0. The summed E-state index contributed by atoms with van der Waals surface area (Å²) in [6.07, 6.45) is 4.83. The molecular weight excluding hydrogens is 326 g/mol. The maximum atomic E-state index is 12.5. The Hall–Kier alpha value is -1.59. The molecule has 0 radical (unpaired) electrons. The highest BCUT2D eigenvalue weighted by Gasteiger charge is 2.24. The minimum atomic E-state index is -0.119. The Morgan fingerprint density at radius 2 is 2.04 bits per heavy atom. The van der Waals surface area contributed by atoms with E-state index in [-0.39, 0.29) is 12.1 Å². The molecule has 1 atom stereocenters. The lowest BCUT2D eigenvalue weighted by molar-refractivity contribution is 0.0821. The van der Waals surface area contributed by atoms with Crippen LogP contribution in [0.5, 0.6) is 0 Å². The van der Waals surface area contributed by atoms with Crippen LogP contribution in [0, 0.1) is 6.92 Å². The van der Waals surface area contributed by atoms with Gasteiger partial charge in [0.2, 0.25) is 0 Å². The van der Waals surface area contributed by atoms with Crippen LogP contribution in [0.3, 0.4) is 0 Å². The molecule has 2 aliphatic rings. The molecule has 0 spiro atoms. The highest BCUT2D eigenvalue weighted by atomic mass is 16.3. The van der Waals surface area contributed by atoms with Gasteiger partial charge in [-0.3, -0.25) is 0 Å². The fraction of sp³-hybridized carbons (Fsp3) is 0.667. The van der Waals surface area contributed by atoms with Crippen LogP contribution in [-0.2, 0) is 0 Å². The van der Waals surface area contributed by atoms with Crippen molar-refractivity contribution in [2.24, 2.45) is 0 Å². The first-order valence-corrected chi connectivity index (χ1v) is 10.1. The Morgan fingerprint density at radius 3 is 2.81 bits per heavy atom. The van der Waals surface area contributed by atoms with Gasteiger partial charge >= 0.3 is 6.03 Å². The van der Waals surface area contributed by atoms with Crippen molar-refractivity contribution in [2.45, 2.75) is 51.0 Å². The molecule has 26 heavy (non-hydrogen) atoms. The number of carbonyl (C=O) groups excluding carboxylic acids is 1. The number of urea groups is 1. The van der Waals surface area contributed by atoms with Gasteiger partial charge in [-0.1, -0.05) is 29.8 Å². The van der Waals surface area contributed by atoms with Gasteiger partial charge in [-0.2, -0.15) is 0 Å². The predicted octanol–water partition coefficient (Wildman–Crippen LogP) is 2.73. The number of hydrogen-bond acceptors (Lipinski definition) is 3. The van der Waals surface area contributed by atoms with Gasteiger partial charge in [-0.25, -0.2) is 4.79 Å². The summed E-state index contributed by atoms with van der Waals surface area (Å²) < 4.78 is 0. The van der Waals surface area contributed by atoms with E-state index in [0.29, 0.717) is 5.92 Å². The van der Waals surface area contributed by atoms with E-state index in [9.17, 15) is 9.90 Å². The van der Waals surface area contributed by atoms with Crippen molar-refractivity contribution in [1.29, 1.82) is 0 Å². The standard InChI is InChI=1S/C21H33N3O2/c1-17-5-2-6-18(15-17)19-7-3-12-24(16-19)21(26)22-10-4-11-23-13-8-20(25)9-14-23/h2,5-6,15,19-20,25H,3-4,7-14,16H2,1H3,(H,22,26)/t19-/m1/s1. The summed E-state index contributed by atoms with van der Waals surface area (Å²) in [5.41, 5.74) is 2.64. The van der Waals surface area contributed by atoms with E-state index in [4.69, 9.17) is 0 Å². The van der Waals surface area contributed by atoms with E-state index < -0.39 is 0 Å². The third-order valence-electron chi connectivity index (χ3n) is 5.71. The third kappa shape index (κ3) is 5.45. The van der Waals surface area contributed by atoms with Crippen molar-refractivity contribution in [3.05, 3.63) is 35.4 Å². The molecule has 2 aliphatic heterocycles. The van der Waals surface area contributed by atoms with Gasteiger partial charge in [0.05, 0.1) is 6.10 Å². The van der Waals surface area contributed by atoms with Crippen molar-refractivity contribution in [3.8, 4) is 0 Å². The lowest BCUT2D eigenvalue weighted by atomic mass is 9.90. The molecule has 1 aromatic rings. The van der Waals surface area contributed by atoms with Crippen molar-refractivity contribution in [3.63, 3.8) is 0 Å². The highest BCUT2D eigenvalue weighted by Crippen LogP contribution is 2.27. The van der Waals surface area contributed by atoms with Crippen LogP contribution in [0.25, 0.3) is 0 Å². The SMILES string of the molecule is Cc1cccc([C@@H]2CCCN(C(=O)NCCCN3CCC(O)CC3)C2)c1. The second-order valence-corrected chi connectivity index (χ2v) is 7.86. The van der Waals surface area contributed by atoms with Crippen LogP contribution < -0.4 is 5.32 Å². The smallest absolute Gasteiger partial charge is 0.317 e. The van der Waals surface area contributed by atoms with E-state index in [2.05, 4.69) is 41.4 Å². The van der Waals surface area contributed by atoms with Crippen LogP contribution in [0.4, 0.5) is 4.79 Å². The van der Waals surface area contributed by atoms with Gasteiger partial charge in [0.25, 0.3) is 0 Å². The van der Waals surface area contributed by atoms with Gasteiger partial charge in [0, 0.05) is 38.6 Å². The molecule has 5 nitrogen and oxygen atoms in total. The number of hydrogen-bond donors (Lipinski definition) is 2. The number of aliphatic hydroxyl groups is 1. The number of nitrogens with one attached hydrogen (secondary N) is 1. The minimum absolute atomic E-state index is 0.0800. The van der Waals surface area contributed by atoms with Crippen LogP contribution in [0.15, 0.2) is 24.3 Å². The summed E-state index contributed by atoms with van der Waals surface area (Å²) in [4.78, 5) is 16.9. The molecule has 0 aromatic heterocycles. The summed E-state index contributed by atoms with van der Waals surface area (Å²) in [7, 11) is 0. The average Bonchev–Trinajstić information content (AvgIpc) is 2.66. The molecule has 2 heterocycles. The number of likely N-dealkylation sites (tertiary alicyclic amines) is 2. The number of piperidine rings is 2. The van der Waals surface area contributed by atoms with E-state index in [1.807, 2.05) is 4.90 Å². The Kier molecular flexibility index (Phi) is 6.92. The molecule has 3 rings (SSSR count). The van der Waals surface area contributed by atoms with E-state index in [0.717, 1.165) is 71.4 Å². The number of aliphatic hydroxyl groups excluding tert-OH is 1. The third-order valence-corrected chi connectivity index (χ3v) is 5.71. The molecule has 2 saturated heterocycles. The first kappa shape index (κ1) is 19.2. The van der Waals surface area contributed by atoms with Gasteiger partial charge in [-0.15, -0.1) is 0 Å². The molecule has 1 aromatic carbocycles. The second-order valence-electron chi connectivity index (χ2n) is 7.86. The molecular formula is C21H33N3O2. The summed E-state index contributed by atoms with van der Waals surface area (Å²) in [5, 5.41) is 12.6. The number of amides is 2.